The molecular formula is C17H14ClF2NO2. The van der Waals surface area contributed by atoms with Crippen LogP contribution in [0, 0.1) is 11.6 Å². The molecule has 1 unspecified atom stereocenters. The Bertz CT molecular complexity index is 717. The number of aliphatic imine (C=N–C) groups is 1. The molecule has 0 radical (unpaired) electrons. The van der Waals surface area contributed by atoms with Gasteiger partial charge in [-0.15, -0.1) is 0 Å². The lowest BCUT2D eigenvalue weighted by Crippen LogP contribution is -2.17. The van der Waals surface area contributed by atoms with E-state index in [9.17, 15) is 13.6 Å². The lowest BCUT2D eigenvalue weighted by molar-refractivity contribution is -0.143. The molecule has 23 heavy (non-hydrogen) atoms. The molecule has 2 aromatic carbocycles. The van der Waals surface area contributed by atoms with Crippen molar-refractivity contribution in [2.75, 3.05) is 6.61 Å². The molecule has 2 rings (SSSR count). The fourth-order valence-electron chi connectivity index (χ4n) is 1.93. The Morgan fingerprint density at radius 1 is 1.26 bits per heavy atom. The lowest BCUT2D eigenvalue weighted by atomic mass is 10.0. The third-order valence-corrected chi connectivity index (χ3v) is 3.29. The molecule has 0 spiro atoms. The smallest absolute Gasteiger partial charge is 0.318 e. The molecule has 0 aliphatic rings. The summed E-state index contributed by atoms with van der Waals surface area (Å²) in [6.45, 7) is 1.90. The predicted molar refractivity (Wildman–Crippen MR) is 85.3 cm³/mol. The van der Waals surface area contributed by atoms with Crippen LogP contribution < -0.4 is 0 Å². The quantitative estimate of drug-likeness (QED) is 0.587. The van der Waals surface area contributed by atoms with Crippen LogP contribution in [0.4, 0.5) is 14.5 Å². The summed E-state index contributed by atoms with van der Waals surface area (Å²) >= 11 is 5.83. The first-order valence-corrected chi connectivity index (χ1v) is 7.30. The second kappa shape index (κ2) is 7.83. The number of esters is 1. The number of benzene rings is 2. The highest BCUT2D eigenvalue weighted by Crippen LogP contribution is 2.22. The second-order valence-corrected chi connectivity index (χ2v) is 5.09. The van der Waals surface area contributed by atoms with E-state index in [1.807, 2.05) is 0 Å². The van der Waals surface area contributed by atoms with Crippen LogP contribution in [0.5, 0.6) is 0 Å². The Kier molecular flexibility index (Phi) is 5.82. The zero-order valence-corrected chi connectivity index (χ0v) is 13.1. The van der Waals surface area contributed by atoms with Gasteiger partial charge in [-0.05, 0) is 36.8 Å². The normalized spacial score (nSPS) is 12.3. The van der Waals surface area contributed by atoms with Gasteiger partial charge in [-0.1, -0.05) is 23.7 Å². The van der Waals surface area contributed by atoms with E-state index in [2.05, 4.69) is 4.99 Å². The highest BCUT2D eigenvalue weighted by atomic mass is 35.5. The molecule has 0 amide bonds. The zero-order chi connectivity index (χ0) is 16.8. The first kappa shape index (κ1) is 17.1. The zero-order valence-electron chi connectivity index (χ0n) is 12.3. The van der Waals surface area contributed by atoms with Crippen molar-refractivity contribution < 1.29 is 18.3 Å². The number of rotatable bonds is 5. The van der Waals surface area contributed by atoms with Crippen molar-refractivity contribution in [2.45, 2.75) is 12.8 Å². The van der Waals surface area contributed by atoms with Crippen LogP contribution in [-0.2, 0) is 9.53 Å². The molecule has 0 bridgehead atoms. The van der Waals surface area contributed by atoms with Crippen molar-refractivity contribution in [3.05, 3.63) is 64.7 Å². The maximum absolute atomic E-state index is 13.6. The van der Waals surface area contributed by atoms with Gasteiger partial charge >= 0.3 is 5.97 Å². The second-order valence-electron chi connectivity index (χ2n) is 4.66. The number of carbonyl (C=O) groups excluding carboxylic acids is 1. The molecule has 0 N–H and O–H groups in total. The first-order chi connectivity index (χ1) is 11.0. The van der Waals surface area contributed by atoms with Crippen molar-refractivity contribution in [1.82, 2.24) is 0 Å². The van der Waals surface area contributed by atoms with E-state index in [0.29, 0.717) is 10.6 Å². The number of carbonyl (C=O) groups is 1. The maximum atomic E-state index is 13.6. The Morgan fingerprint density at radius 2 is 1.96 bits per heavy atom. The van der Waals surface area contributed by atoms with Crippen LogP contribution in [0.1, 0.15) is 18.4 Å². The Hall–Kier alpha value is -2.27. The Morgan fingerprint density at radius 3 is 2.57 bits per heavy atom. The molecule has 0 heterocycles. The van der Waals surface area contributed by atoms with Gasteiger partial charge in [0.05, 0.1) is 12.3 Å². The molecule has 1 atom stereocenters. The van der Waals surface area contributed by atoms with Crippen molar-refractivity contribution in [1.29, 1.82) is 0 Å². The monoisotopic (exact) mass is 337 g/mol. The third-order valence-electron chi connectivity index (χ3n) is 3.04. The number of ether oxygens (including phenoxy) is 1. The van der Waals surface area contributed by atoms with Gasteiger partial charge in [0.1, 0.15) is 11.7 Å². The van der Waals surface area contributed by atoms with Crippen LogP contribution in [0.15, 0.2) is 47.5 Å². The van der Waals surface area contributed by atoms with Gasteiger partial charge in [-0.2, -0.15) is 0 Å². The van der Waals surface area contributed by atoms with Crippen molar-refractivity contribution in [3.63, 3.8) is 0 Å². The van der Waals surface area contributed by atoms with Gasteiger partial charge in [0, 0.05) is 17.3 Å². The highest BCUT2D eigenvalue weighted by Gasteiger charge is 2.20. The minimum atomic E-state index is -0.809. The molecular weight excluding hydrogens is 324 g/mol. The van der Waals surface area contributed by atoms with Crippen LogP contribution in [-0.4, -0.2) is 18.8 Å². The molecule has 0 saturated carbocycles. The van der Waals surface area contributed by atoms with Crippen LogP contribution in [0.3, 0.4) is 0 Å². The summed E-state index contributed by atoms with van der Waals surface area (Å²) in [4.78, 5) is 16.0. The molecule has 0 fully saturated rings. The summed E-state index contributed by atoms with van der Waals surface area (Å²) in [6.07, 6.45) is 1.28. The van der Waals surface area contributed by atoms with Crippen molar-refractivity contribution in [3.8, 4) is 0 Å². The van der Waals surface area contributed by atoms with Gasteiger partial charge in [0.15, 0.2) is 5.82 Å². The summed E-state index contributed by atoms with van der Waals surface area (Å²) in [5, 5.41) is 0.526. The summed E-state index contributed by atoms with van der Waals surface area (Å²) in [5.41, 5.74) is 0.550. The maximum Gasteiger partial charge on any atom is 0.318 e. The average molecular weight is 338 g/mol. The third kappa shape index (κ3) is 4.60. The van der Waals surface area contributed by atoms with E-state index in [1.54, 1.807) is 31.2 Å². The Balaban J connectivity index is 2.32. The minimum absolute atomic E-state index is 0.0605. The lowest BCUT2D eigenvalue weighted by Gasteiger charge is -2.11. The van der Waals surface area contributed by atoms with E-state index in [4.69, 9.17) is 16.3 Å². The molecule has 0 saturated heterocycles. The SMILES string of the molecule is CCOC(=O)C(C=Nc1ccc(F)cc1F)c1ccc(Cl)cc1. The number of nitrogens with zero attached hydrogens (tertiary/aromatic N) is 1. The first-order valence-electron chi connectivity index (χ1n) is 6.92. The number of hydrogen-bond acceptors (Lipinski definition) is 3. The highest BCUT2D eigenvalue weighted by molar-refractivity contribution is 6.30. The van der Waals surface area contributed by atoms with Crippen molar-refractivity contribution in [2.24, 2.45) is 4.99 Å². The van der Waals surface area contributed by atoms with Gasteiger partial charge in [-0.25, -0.2) is 8.78 Å². The molecule has 0 aliphatic carbocycles. The van der Waals surface area contributed by atoms with Gasteiger partial charge in [0.2, 0.25) is 0 Å². The largest absolute Gasteiger partial charge is 0.465 e. The van der Waals surface area contributed by atoms with Crippen molar-refractivity contribution >= 4 is 29.5 Å². The fraction of sp³-hybridized carbons (Fsp3) is 0.176. The van der Waals surface area contributed by atoms with Crippen LogP contribution in [0.2, 0.25) is 5.02 Å². The predicted octanol–water partition coefficient (Wildman–Crippen LogP) is 4.67. The van der Waals surface area contributed by atoms with E-state index in [0.717, 1.165) is 12.1 Å². The number of halogens is 3. The van der Waals surface area contributed by atoms with Crippen LogP contribution in [0.25, 0.3) is 0 Å². The summed E-state index contributed by atoms with van der Waals surface area (Å²) in [5.74, 6) is -2.82. The number of hydrogen-bond donors (Lipinski definition) is 0. The molecule has 120 valence electrons. The van der Waals surface area contributed by atoms with E-state index < -0.39 is 23.5 Å². The van der Waals surface area contributed by atoms with Gasteiger partial charge in [0.25, 0.3) is 0 Å². The molecule has 0 aromatic heterocycles. The standard InChI is InChI=1S/C17H14ClF2NO2/c1-2-23-17(22)14(11-3-5-12(18)6-4-11)10-21-16-8-7-13(19)9-15(16)20/h3-10,14H,2H2,1H3. The average Bonchev–Trinajstić information content (AvgIpc) is 2.51. The molecule has 6 heteroatoms. The molecule has 3 nitrogen and oxygen atoms in total. The summed E-state index contributed by atoms with van der Waals surface area (Å²) < 4.78 is 31.5. The fourth-order valence-corrected chi connectivity index (χ4v) is 2.05. The molecule has 2 aromatic rings. The van der Waals surface area contributed by atoms with E-state index in [-0.39, 0.29) is 12.3 Å². The summed E-state index contributed by atoms with van der Waals surface area (Å²) in [6, 6.07) is 9.62. The van der Waals surface area contributed by atoms with Crippen LogP contribution >= 0.6 is 11.6 Å². The Labute approximate surface area is 137 Å². The topological polar surface area (TPSA) is 38.7 Å². The summed E-state index contributed by atoms with van der Waals surface area (Å²) in [7, 11) is 0. The minimum Gasteiger partial charge on any atom is -0.465 e. The van der Waals surface area contributed by atoms with E-state index >= 15 is 0 Å². The molecule has 0 aliphatic heterocycles. The van der Waals surface area contributed by atoms with Gasteiger partial charge in [-0.3, -0.25) is 9.79 Å². The van der Waals surface area contributed by atoms with Gasteiger partial charge < -0.3 is 4.74 Å². The van der Waals surface area contributed by atoms with E-state index in [1.165, 1.54) is 12.3 Å².